The van der Waals surface area contributed by atoms with Crippen molar-refractivity contribution in [1.82, 2.24) is 0 Å². The van der Waals surface area contributed by atoms with E-state index >= 15 is 0 Å². The summed E-state index contributed by atoms with van der Waals surface area (Å²) in [6.07, 6.45) is 1.54. The lowest BCUT2D eigenvalue weighted by Crippen LogP contribution is -2.43. The smallest absolute Gasteiger partial charge is 0.230 e. The molecular formula is C16H21NO5S. The van der Waals surface area contributed by atoms with Crippen molar-refractivity contribution >= 4 is 21.4 Å². The van der Waals surface area contributed by atoms with Crippen LogP contribution in [0.1, 0.15) is 13.8 Å². The quantitative estimate of drug-likeness (QED) is 0.820. The van der Waals surface area contributed by atoms with E-state index in [1.807, 2.05) is 0 Å². The molecule has 0 aromatic heterocycles. The average Bonchev–Trinajstić information content (AvgIpc) is 2.87. The Hall–Kier alpha value is -2.02. The molecule has 0 saturated heterocycles. The number of benzene rings is 1. The van der Waals surface area contributed by atoms with Gasteiger partial charge >= 0.3 is 0 Å². The van der Waals surface area contributed by atoms with Crippen LogP contribution in [0.4, 0.5) is 5.69 Å². The van der Waals surface area contributed by atoms with Crippen LogP contribution in [0, 0.1) is 5.92 Å². The summed E-state index contributed by atoms with van der Waals surface area (Å²) in [6, 6.07) is 4.54. The summed E-state index contributed by atoms with van der Waals surface area (Å²) >= 11 is 0. The molecule has 0 radical (unpaired) electrons. The standard InChI is InChI=1S/C16H21NO5S/c1-11(2)16(18)17(12-7-8-23(19,20)10-12)14-6-5-13(21-3)9-15(14)22-4/h5-9,11-12H,10H2,1-4H3. The van der Waals surface area contributed by atoms with Crippen molar-refractivity contribution in [1.29, 1.82) is 0 Å². The number of ether oxygens (including phenoxy) is 2. The van der Waals surface area contributed by atoms with E-state index in [1.54, 1.807) is 38.1 Å². The zero-order valence-electron chi connectivity index (χ0n) is 13.6. The van der Waals surface area contributed by atoms with E-state index in [0.717, 1.165) is 5.41 Å². The van der Waals surface area contributed by atoms with Gasteiger partial charge in [0, 0.05) is 17.4 Å². The van der Waals surface area contributed by atoms with Crippen LogP contribution >= 0.6 is 0 Å². The molecule has 1 aromatic rings. The second-order valence-electron chi connectivity index (χ2n) is 5.63. The number of hydrogen-bond acceptors (Lipinski definition) is 5. The minimum absolute atomic E-state index is 0.124. The highest BCUT2D eigenvalue weighted by Crippen LogP contribution is 2.35. The van der Waals surface area contributed by atoms with Crippen molar-refractivity contribution in [2.75, 3.05) is 24.9 Å². The predicted octanol–water partition coefficient (Wildman–Crippen LogP) is 2.00. The summed E-state index contributed by atoms with van der Waals surface area (Å²) in [6.45, 7) is 3.55. The van der Waals surface area contributed by atoms with Crippen LogP contribution in [0.25, 0.3) is 0 Å². The van der Waals surface area contributed by atoms with Gasteiger partial charge in [0.1, 0.15) is 11.5 Å². The van der Waals surface area contributed by atoms with Crippen molar-refractivity contribution in [2.24, 2.45) is 5.92 Å². The Morgan fingerprint density at radius 3 is 2.43 bits per heavy atom. The minimum atomic E-state index is -3.28. The third kappa shape index (κ3) is 3.67. The number of methoxy groups -OCH3 is 2. The molecule has 1 heterocycles. The highest BCUT2D eigenvalue weighted by molar-refractivity contribution is 7.94. The van der Waals surface area contributed by atoms with Crippen molar-refractivity contribution in [3.63, 3.8) is 0 Å². The van der Waals surface area contributed by atoms with E-state index in [9.17, 15) is 13.2 Å². The number of nitrogens with zero attached hydrogens (tertiary/aromatic N) is 1. The molecule has 0 aliphatic carbocycles. The maximum atomic E-state index is 12.7. The van der Waals surface area contributed by atoms with Gasteiger partial charge in [0.2, 0.25) is 5.91 Å². The first-order valence-corrected chi connectivity index (χ1v) is 8.96. The number of carbonyl (C=O) groups excluding carboxylic acids is 1. The molecule has 1 aliphatic rings. The monoisotopic (exact) mass is 339 g/mol. The fourth-order valence-electron chi connectivity index (χ4n) is 2.44. The van der Waals surface area contributed by atoms with E-state index in [-0.39, 0.29) is 17.6 Å². The molecule has 1 aromatic carbocycles. The van der Waals surface area contributed by atoms with Gasteiger partial charge in [0.25, 0.3) is 0 Å². The third-order valence-electron chi connectivity index (χ3n) is 3.62. The molecule has 0 saturated carbocycles. The summed E-state index contributed by atoms with van der Waals surface area (Å²) in [5, 5.41) is 1.16. The Bertz CT molecular complexity index is 724. The predicted molar refractivity (Wildman–Crippen MR) is 88.6 cm³/mol. The number of amides is 1. The van der Waals surface area contributed by atoms with Crippen LogP contribution in [0.3, 0.4) is 0 Å². The molecule has 1 atom stereocenters. The van der Waals surface area contributed by atoms with Crippen LogP contribution in [0.15, 0.2) is 29.7 Å². The second-order valence-corrected chi connectivity index (χ2v) is 7.56. The fraction of sp³-hybridized carbons (Fsp3) is 0.438. The van der Waals surface area contributed by atoms with Crippen molar-refractivity contribution in [3.8, 4) is 11.5 Å². The van der Waals surface area contributed by atoms with Gasteiger partial charge in [-0.15, -0.1) is 0 Å². The number of rotatable bonds is 5. The van der Waals surface area contributed by atoms with Gasteiger partial charge in [-0.05, 0) is 18.2 Å². The highest BCUT2D eigenvalue weighted by Gasteiger charge is 2.33. The molecule has 0 bridgehead atoms. The van der Waals surface area contributed by atoms with Crippen molar-refractivity contribution < 1.29 is 22.7 Å². The molecule has 0 N–H and O–H groups in total. The van der Waals surface area contributed by atoms with Crippen LogP contribution in [-0.4, -0.2) is 40.3 Å². The lowest BCUT2D eigenvalue weighted by Gasteiger charge is -2.30. The molecule has 6 nitrogen and oxygen atoms in total. The molecule has 1 unspecified atom stereocenters. The van der Waals surface area contributed by atoms with E-state index < -0.39 is 15.9 Å². The maximum absolute atomic E-state index is 12.7. The molecule has 1 amide bonds. The molecule has 2 rings (SSSR count). The van der Waals surface area contributed by atoms with E-state index in [1.165, 1.54) is 19.1 Å². The minimum Gasteiger partial charge on any atom is -0.497 e. The van der Waals surface area contributed by atoms with Gasteiger partial charge in [-0.3, -0.25) is 4.79 Å². The second kappa shape index (κ2) is 6.62. The van der Waals surface area contributed by atoms with E-state index in [0.29, 0.717) is 17.2 Å². The van der Waals surface area contributed by atoms with Crippen LogP contribution in [0.5, 0.6) is 11.5 Å². The fourth-order valence-corrected chi connectivity index (χ4v) is 3.71. The first-order valence-electron chi connectivity index (χ1n) is 7.25. The largest absolute Gasteiger partial charge is 0.497 e. The van der Waals surface area contributed by atoms with Crippen LogP contribution in [-0.2, 0) is 14.6 Å². The number of hydrogen-bond donors (Lipinski definition) is 0. The SMILES string of the molecule is COc1ccc(N(C(=O)C(C)C)C2C=CS(=O)(=O)C2)c(OC)c1. The Morgan fingerprint density at radius 1 is 1.26 bits per heavy atom. The number of anilines is 1. The van der Waals surface area contributed by atoms with Crippen molar-refractivity contribution in [2.45, 2.75) is 19.9 Å². The lowest BCUT2D eigenvalue weighted by atomic mass is 10.1. The normalized spacial score (nSPS) is 18.9. The van der Waals surface area contributed by atoms with Gasteiger partial charge in [-0.25, -0.2) is 8.42 Å². The van der Waals surface area contributed by atoms with Crippen molar-refractivity contribution in [3.05, 3.63) is 29.7 Å². The highest BCUT2D eigenvalue weighted by atomic mass is 32.2. The summed E-state index contributed by atoms with van der Waals surface area (Å²) in [5.74, 6) is 0.479. The van der Waals surface area contributed by atoms with Gasteiger partial charge in [-0.1, -0.05) is 13.8 Å². The number of sulfone groups is 1. The van der Waals surface area contributed by atoms with Gasteiger partial charge in [0.15, 0.2) is 9.84 Å². The maximum Gasteiger partial charge on any atom is 0.230 e. The topological polar surface area (TPSA) is 72.9 Å². The van der Waals surface area contributed by atoms with Gasteiger partial charge in [-0.2, -0.15) is 0 Å². The molecule has 7 heteroatoms. The summed E-state index contributed by atoms with van der Waals surface area (Å²) < 4.78 is 34.0. The summed E-state index contributed by atoms with van der Waals surface area (Å²) in [4.78, 5) is 14.2. The van der Waals surface area contributed by atoms with Gasteiger partial charge in [0.05, 0.1) is 31.7 Å². The molecule has 126 valence electrons. The zero-order valence-corrected chi connectivity index (χ0v) is 14.5. The Balaban J connectivity index is 2.51. The summed E-state index contributed by atoms with van der Waals surface area (Å²) in [7, 11) is -0.243. The van der Waals surface area contributed by atoms with E-state index in [2.05, 4.69) is 0 Å². The molecule has 0 spiro atoms. The third-order valence-corrected chi connectivity index (χ3v) is 5.00. The summed E-state index contributed by atoms with van der Waals surface area (Å²) in [5.41, 5.74) is 0.527. The Labute approximate surface area is 136 Å². The molecule has 0 fully saturated rings. The lowest BCUT2D eigenvalue weighted by molar-refractivity contribution is -0.121. The Kier molecular flexibility index (Phi) is 4.99. The van der Waals surface area contributed by atoms with Crippen LogP contribution < -0.4 is 14.4 Å². The zero-order chi connectivity index (χ0) is 17.2. The van der Waals surface area contributed by atoms with E-state index in [4.69, 9.17) is 9.47 Å². The van der Waals surface area contributed by atoms with Crippen LogP contribution in [0.2, 0.25) is 0 Å². The van der Waals surface area contributed by atoms with Gasteiger partial charge < -0.3 is 14.4 Å². The molecule has 1 aliphatic heterocycles. The Morgan fingerprint density at radius 2 is 1.96 bits per heavy atom. The molecule has 23 heavy (non-hydrogen) atoms. The average molecular weight is 339 g/mol. The number of carbonyl (C=O) groups is 1. The first-order chi connectivity index (χ1) is 10.8. The first kappa shape index (κ1) is 17.3. The molecular weight excluding hydrogens is 318 g/mol.